The number of alkyl halides is 1. The lowest BCUT2D eigenvalue weighted by atomic mass is 10.3. The van der Waals surface area contributed by atoms with Crippen molar-refractivity contribution in [3.8, 4) is 0 Å². The Morgan fingerprint density at radius 2 is 2.21 bits per heavy atom. The molecule has 1 aromatic heterocycles. The molecule has 5 heteroatoms. The van der Waals surface area contributed by atoms with Crippen LogP contribution in [-0.4, -0.2) is 29.1 Å². The Kier molecular flexibility index (Phi) is 5.16. The minimum atomic E-state index is -0.233. The Morgan fingerprint density at radius 3 is 2.95 bits per heavy atom. The van der Waals surface area contributed by atoms with Crippen molar-refractivity contribution in [1.29, 1.82) is 0 Å². The zero-order chi connectivity index (χ0) is 13.7. The molecule has 0 fully saturated rings. The molecule has 0 radical (unpaired) electrons. The third-order valence-electron chi connectivity index (χ3n) is 3.09. The summed E-state index contributed by atoms with van der Waals surface area (Å²) >= 11 is 5.80. The number of methoxy groups -OCH3 is 1. The van der Waals surface area contributed by atoms with Gasteiger partial charge in [0, 0.05) is 32.6 Å². The third-order valence-corrected chi connectivity index (χ3v) is 3.28. The molecular weight excluding hydrogens is 267 g/mol. The normalized spacial score (nSPS) is 11.3. The molecule has 1 aromatic carbocycles. The second kappa shape index (κ2) is 6.87. The first-order valence-electron chi connectivity index (χ1n) is 6.46. The van der Waals surface area contributed by atoms with Gasteiger partial charge in [0.25, 0.3) is 0 Å². The highest BCUT2D eigenvalue weighted by Crippen LogP contribution is 2.19. The Labute approximate surface area is 117 Å². The molecule has 0 spiro atoms. The van der Waals surface area contributed by atoms with Gasteiger partial charge in [-0.2, -0.15) is 0 Å². The Bertz CT molecular complexity index is 541. The first-order chi connectivity index (χ1) is 9.26. The molecule has 0 bridgehead atoms. The van der Waals surface area contributed by atoms with E-state index >= 15 is 0 Å². The van der Waals surface area contributed by atoms with Gasteiger partial charge in [-0.05, 0) is 31.0 Å². The van der Waals surface area contributed by atoms with E-state index in [0.717, 1.165) is 42.9 Å². The van der Waals surface area contributed by atoms with Crippen molar-refractivity contribution in [3.05, 3.63) is 29.8 Å². The summed E-state index contributed by atoms with van der Waals surface area (Å²) in [5, 5.41) is 0. The van der Waals surface area contributed by atoms with E-state index in [1.807, 2.05) is 0 Å². The Morgan fingerprint density at radius 1 is 1.37 bits per heavy atom. The first kappa shape index (κ1) is 14.3. The molecule has 3 nitrogen and oxygen atoms in total. The van der Waals surface area contributed by atoms with Gasteiger partial charge in [0.1, 0.15) is 11.6 Å². The summed E-state index contributed by atoms with van der Waals surface area (Å²) in [6, 6.07) is 4.69. The topological polar surface area (TPSA) is 27.1 Å². The zero-order valence-electron chi connectivity index (χ0n) is 11.0. The molecule has 0 aliphatic rings. The SMILES string of the molecule is COCCCCn1c(CCCl)nc2ccc(F)cc21. The number of ether oxygens (including phenoxy) is 1. The van der Waals surface area contributed by atoms with Gasteiger partial charge in [0.05, 0.1) is 11.0 Å². The maximum absolute atomic E-state index is 13.4. The number of hydrogen-bond acceptors (Lipinski definition) is 2. The van der Waals surface area contributed by atoms with E-state index < -0.39 is 0 Å². The van der Waals surface area contributed by atoms with Crippen LogP contribution >= 0.6 is 11.6 Å². The minimum Gasteiger partial charge on any atom is -0.385 e. The standard InChI is InChI=1S/C14H18ClFN2O/c1-19-9-3-2-8-18-13-10-11(16)4-5-12(13)17-14(18)6-7-15/h4-5,10H,2-3,6-9H2,1H3. The number of hydrogen-bond donors (Lipinski definition) is 0. The first-order valence-corrected chi connectivity index (χ1v) is 6.99. The lowest BCUT2D eigenvalue weighted by molar-refractivity contribution is 0.191. The van der Waals surface area contributed by atoms with Crippen molar-refractivity contribution in [2.45, 2.75) is 25.8 Å². The van der Waals surface area contributed by atoms with Gasteiger partial charge in [0.2, 0.25) is 0 Å². The number of aromatic nitrogens is 2. The summed E-state index contributed by atoms with van der Waals surface area (Å²) < 4.78 is 20.5. The van der Waals surface area contributed by atoms with Crippen LogP contribution in [0.15, 0.2) is 18.2 Å². The minimum absolute atomic E-state index is 0.233. The highest BCUT2D eigenvalue weighted by Gasteiger charge is 2.10. The molecule has 0 amide bonds. The van der Waals surface area contributed by atoms with Crippen molar-refractivity contribution in [3.63, 3.8) is 0 Å². The van der Waals surface area contributed by atoms with Gasteiger partial charge >= 0.3 is 0 Å². The number of benzene rings is 1. The van der Waals surface area contributed by atoms with E-state index in [2.05, 4.69) is 9.55 Å². The predicted octanol–water partition coefficient (Wildman–Crippen LogP) is 3.38. The van der Waals surface area contributed by atoms with Crippen molar-refractivity contribution in [2.24, 2.45) is 0 Å². The van der Waals surface area contributed by atoms with Crippen LogP contribution in [0, 0.1) is 5.82 Å². The van der Waals surface area contributed by atoms with Crippen molar-refractivity contribution >= 4 is 22.6 Å². The van der Waals surface area contributed by atoms with Gasteiger partial charge in [0.15, 0.2) is 0 Å². The molecule has 0 saturated heterocycles. The summed E-state index contributed by atoms with van der Waals surface area (Å²) in [6.07, 6.45) is 2.65. The van der Waals surface area contributed by atoms with E-state index in [-0.39, 0.29) is 5.82 Å². The van der Waals surface area contributed by atoms with Crippen LogP contribution in [0.25, 0.3) is 11.0 Å². The van der Waals surface area contributed by atoms with E-state index in [1.54, 1.807) is 13.2 Å². The van der Waals surface area contributed by atoms with Crippen LogP contribution in [0.5, 0.6) is 0 Å². The molecule has 0 saturated carbocycles. The Balaban J connectivity index is 2.25. The number of aryl methyl sites for hydroxylation is 2. The number of nitrogens with zero attached hydrogens (tertiary/aromatic N) is 2. The summed E-state index contributed by atoms with van der Waals surface area (Å²) in [4.78, 5) is 4.52. The largest absolute Gasteiger partial charge is 0.385 e. The van der Waals surface area contributed by atoms with Crippen LogP contribution in [0.4, 0.5) is 4.39 Å². The highest BCUT2D eigenvalue weighted by molar-refractivity contribution is 6.17. The molecule has 1 heterocycles. The molecule has 0 aliphatic heterocycles. The number of rotatable bonds is 7. The zero-order valence-corrected chi connectivity index (χ0v) is 11.8. The predicted molar refractivity (Wildman–Crippen MR) is 75.2 cm³/mol. The second-order valence-electron chi connectivity index (χ2n) is 4.45. The van der Waals surface area contributed by atoms with Gasteiger partial charge < -0.3 is 9.30 Å². The van der Waals surface area contributed by atoms with Crippen molar-refractivity contribution in [1.82, 2.24) is 9.55 Å². The van der Waals surface area contributed by atoms with E-state index in [9.17, 15) is 4.39 Å². The van der Waals surface area contributed by atoms with Crippen LogP contribution in [0.2, 0.25) is 0 Å². The van der Waals surface area contributed by atoms with Crippen molar-refractivity contribution < 1.29 is 9.13 Å². The maximum Gasteiger partial charge on any atom is 0.125 e. The van der Waals surface area contributed by atoms with Crippen molar-refractivity contribution in [2.75, 3.05) is 19.6 Å². The molecular formula is C14H18ClFN2O. The number of halogens is 2. The van der Waals surface area contributed by atoms with Gasteiger partial charge in [-0.15, -0.1) is 11.6 Å². The average Bonchev–Trinajstić information content (AvgIpc) is 2.73. The van der Waals surface area contributed by atoms with Crippen LogP contribution in [0.3, 0.4) is 0 Å². The number of imidazole rings is 1. The fourth-order valence-electron chi connectivity index (χ4n) is 2.19. The second-order valence-corrected chi connectivity index (χ2v) is 4.83. The van der Waals surface area contributed by atoms with Gasteiger partial charge in [-0.25, -0.2) is 9.37 Å². The molecule has 0 unspecified atom stereocenters. The molecule has 0 atom stereocenters. The molecule has 2 aromatic rings. The molecule has 0 aliphatic carbocycles. The van der Waals surface area contributed by atoms with Crippen LogP contribution in [0.1, 0.15) is 18.7 Å². The fourth-order valence-corrected chi connectivity index (χ4v) is 2.36. The third kappa shape index (κ3) is 3.45. The quantitative estimate of drug-likeness (QED) is 0.576. The van der Waals surface area contributed by atoms with Gasteiger partial charge in [-0.1, -0.05) is 0 Å². The molecule has 0 N–H and O–H groups in total. The monoisotopic (exact) mass is 284 g/mol. The fraction of sp³-hybridized carbons (Fsp3) is 0.500. The summed E-state index contributed by atoms with van der Waals surface area (Å²) in [7, 11) is 1.70. The van der Waals surface area contributed by atoms with Gasteiger partial charge in [-0.3, -0.25) is 0 Å². The van der Waals surface area contributed by atoms with E-state index in [0.29, 0.717) is 12.3 Å². The molecule has 2 rings (SSSR count). The highest BCUT2D eigenvalue weighted by atomic mass is 35.5. The van der Waals surface area contributed by atoms with Crippen LogP contribution < -0.4 is 0 Å². The number of unbranched alkanes of at least 4 members (excludes halogenated alkanes) is 1. The average molecular weight is 285 g/mol. The molecule has 104 valence electrons. The van der Waals surface area contributed by atoms with E-state index in [4.69, 9.17) is 16.3 Å². The smallest absolute Gasteiger partial charge is 0.125 e. The number of fused-ring (bicyclic) bond motifs is 1. The summed E-state index contributed by atoms with van der Waals surface area (Å²) in [6.45, 7) is 1.56. The lowest BCUT2D eigenvalue weighted by Gasteiger charge is -2.08. The van der Waals surface area contributed by atoms with E-state index in [1.165, 1.54) is 12.1 Å². The Hall–Kier alpha value is -1.13. The maximum atomic E-state index is 13.4. The lowest BCUT2D eigenvalue weighted by Crippen LogP contribution is -2.06. The summed E-state index contributed by atoms with van der Waals surface area (Å²) in [5.41, 5.74) is 1.67. The molecule has 19 heavy (non-hydrogen) atoms. The van der Waals surface area contributed by atoms with Crippen LogP contribution in [-0.2, 0) is 17.7 Å². The summed E-state index contributed by atoms with van der Waals surface area (Å²) in [5.74, 6) is 1.21.